The molecular formula is C19H22N4O. The van der Waals surface area contributed by atoms with Gasteiger partial charge in [-0.1, -0.05) is 6.07 Å². The number of amides is 1. The Bertz CT molecular complexity index is 838. The molecule has 1 N–H and O–H groups in total. The summed E-state index contributed by atoms with van der Waals surface area (Å²) in [4.78, 5) is 12.6. The third kappa shape index (κ3) is 2.92. The summed E-state index contributed by atoms with van der Waals surface area (Å²) in [7, 11) is 0. The van der Waals surface area contributed by atoms with E-state index in [0.717, 1.165) is 35.2 Å². The van der Waals surface area contributed by atoms with Crippen LogP contribution in [0.15, 0.2) is 18.2 Å². The van der Waals surface area contributed by atoms with Gasteiger partial charge in [-0.3, -0.25) is 9.48 Å². The first-order valence-electron chi connectivity index (χ1n) is 8.33. The lowest BCUT2D eigenvalue weighted by atomic mass is 10.0. The summed E-state index contributed by atoms with van der Waals surface area (Å²) in [5, 5.41) is 16.9. The highest BCUT2D eigenvalue weighted by atomic mass is 16.2. The van der Waals surface area contributed by atoms with Crippen molar-refractivity contribution in [2.45, 2.75) is 52.6 Å². The monoisotopic (exact) mass is 322 g/mol. The van der Waals surface area contributed by atoms with Crippen LogP contribution < -0.4 is 5.32 Å². The fraction of sp³-hybridized carbons (Fsp3) is 0.421. The first-order chi connectivity index (χ1) is 11.4. The van der Waals surface area contributed by atoms with E-state index in [1.54, 1.807) is 4.68 Å². The molecule has 1 aliphatic carbocycles. The number of rotatable bonds is 4. The minimum atomic E-state index is -0.0483. The van der Waals surface area contributed by atoms with E-state index in [-0.39, 0.29) is 11.9 Å². The van der Waals surface area contributed by atoms with Crippen molar-refractivity contribution in [1.82, 2.24) is 15.1 Å². The average Bonchev–Trinajstić information content (AvgIpc) is 3.27. The predicted molar refractivity (Wildman–Crippen MR) is 92.7 cm³/mol. The van der Waals surface area contributed by atoms with Gasteiger partial charge in [0.25, 0.3) is 5.91 Å². The van der Waals surface area contributed by atoms with Gasteiger partial charge in [0.2, 0.25) is 0 Å². The molecule has 1 heterocycles. The Morgan fingerprint density at radius 1 is 1.38 bits per heavy atom. The van der Waals surface area contributed by atoms with E-state index in [1.807, 2.05) is 45.9 Å². The predicted octanol–water partition coefficient (Wildman–Crippen LogP) is 3.51. The normalized spacial score (nSPS) is 13.8. The van der Waals surface area contributed by atoms with E-state index in [0.29, 0.717) is 17.3 Å². The van der Waals surface area contributed by atoms with Crippen LogP contribution in [0, 0.1) is 25.2 Å². The van der Waals surface area contributed by atoms with Crippen LogP contribution in [0.3, 0.4) is 0 Å². The topological polar surface area (TPSA) is 70.7 Å². The van der Waals surface area contributed by atoms with Gasteiger partial charge < -0.3 is 5.32 Å². The molecule has 5 heteroatoms. The SMILES string of the molecule is Cc1cc(-c2nn(C(C)C)c(C(=O)NC3CC3)c2C)ccc1C#N. The van der Waals surface area contributed by atoms with Gasteiger partial charge in [-0.15, -0.1) is 0 Å². The highest BCUT2D eigenvalue weighted by Crippen LogP contribution is 2.29. The van der Waals surface area contributed by atoms with Gasteiger partial charge in [-0.25, -0.2) is 0 Å². The number of hydrogen-bond acceptors (Lipinski definition) is 3. The lowest BCUT2D eigenvalue weighted by Gasteiger charge is -2.11. The summed E-state index contributed by atoms with van der Waals surface area (Å²) in [6.07, 6.45) is 2.12. The van der Waals surface area contributed by atoms with Gasteiger partial charge in [0.15, 0.2) is 0 Å². The fourth-order valence-electron chi connectivity index (χ4n) is 2.86. The van der Waals surface area contributed by atoms with Crippen molar-refractivity contribution in [2.75, 3.05) is 0 Å². The maximum atomic E-state index is 12.6. The molecule has 1 fully saturated rings. The van der Waals surface area contributed by atoms with E-state index in [4.69, 9.17) is 10.4 Å². The molecule has 1 aliphatic rings. The van der Waals surface area contributed by atoms with Crippen molar-refractivity contribution < 1.29 is 4.79 Å². The summed E-state index contributed by atoms with van der Waals surface area (Å²) in [5.41, 5.74) is 4.82. The van der Waals surface area contributed by atoms with Crippen LogP contribution >= 0.6 is 0 Å². The van der Waals surface area contributed by atoms with Crippen molar-refractivity contribution >= 4 is 5.91 Å². The highest BCUT2D eigenvalue weighted by molar-refractivity contribution is 5.96. The zero-order valence-electron chi connectivity index (χ0n) is 14.6. The average molecular weight is 322 g/mol. The van der Waals surface area contributed by atoms with Crippen molar-refractivity contribution in [1.29, 1.82) is 5.26 Å². The van der Waals surface area contributed by atoms with Crippen LogP contribution in [0.1, 0.15) is 59.9 Å². The zero-order chi connectivity index (χ0) is 17.4. The molecule has 2 aromatic rings. The Morgan fingerprint density at radius 2 is 2.08 bits per heavy atom. The van der Waals surface area contributed by atoms with Gasteiger partial charge in [0.05, 0.1) is 17.3 Å². The zero-order valence-corrected chi connectivity index (χ0v) is 14.6. The third-order valence-electron chi connectivity index (χ3n) is 4.38. The summed E-state index contributed by atoms with van der Waals surface area (Å²) in [6, 6.07) is 8.25. The molecular weight excluding hydrogens is 300 g/mol. The molecule has 5 nitrogen and oxygen atoms in total. The summed E-state index contributed by atoms with van der Waals surface area (Å²) in [5.74, 6) is -0.0483. The standard InChI is InChI=1S/C19H22N4O/c1-11(2)23-18(19(24)21-16-7-8-16)13(4)17(22-23)14-5-6-15(10-20)12(3)9-14/h5-6,9,11,16H,7-8H2,1-4H3,(H,21,24). The molecule has 1 aromatic heterocycles. The Labute approximate surface area is 142 Å². The Balaban J connectivity index is 2.07. The maximum absolute atomic E-state index is 12.6. The second kappa shape index (κ2) is 6.12. The summed E-state index contributed by atoms with van der Waals surface area (Å²) < 4.78 is 1.80. The quantitative estimate of drug-likeness (QED) is 0.936. The van der Waals surface area contributed by atoms with Crippen LogP contribution in [-0.2, 0) is 0 Å². The largest absolute Gasteiger partial charge is 0.348 e. The number of nitriles is 1. The minimum Gasteiger partial charge on any atom is -0.348 e. The second-order valence-corrected chi connectivity index (χ2v) is 6.75. The van der Waals surface area contributed by atoms with Crippen LogP contribution in [0.25, 0.3) is 11.3 Å². The summed E-state index contributed by atoms with van der Waals surface area (Å²) in [6.45, 7) is 7.90. The van der Waals surface area contributed by atoms with Crippen molar-refractivity contribution in [2.24, 2.45) is 0 Å². The number of benzene rings is 1. The molecule has 24 heavy (non-hydrogen) atoms. The molecule has 0 radical (unpaired) electrons. The van der Waals surface area contributed by atoms with Gasteiger partial charge in [0, 0.05) is 23.2 Å². The fourth-order valence-corrected chi connectivity index (χ4v) is 2.86. The van der Waals surface area contributed by atoms with Crippen LogP contribution in [-0.4, -0.2) is 21.7 Å². The van der Waals surface area contributed by atoms with Crippen LogP contribution in [0.5, 0.6) is 0 Å². The number of aryl methyl sites for hydroxylation is 1. The second-order valence-electron chi connectivity index (χ2n) is 6.75. The lowest BCUT2D eigenvalue weighted by molar-refractivity contribution is 0.0937. The van der Waals surface area contributed by atoms with E-state index < -0.39 is 0 Å². The smallest absolute Gasteiger partial charge is 0.270 e. The van der Waals surface area contributed by atoms with Gasteiger partial charge in [-0.05, 0) is 58.2 Å². The molecule has 1 aromatic carbocycles. The summed E-state index contributed by atoms with van der Waals surface area (Å²) >= 11 is 0. The lowest BCUT2D eigenvalue weighted by Crippen LogP contribution is -2.29. The first-order valence-corrected chi connectivity index (χ1v) is 8.33. The number of nitrogens with zero attached hydrogens (tertiary/aromatic N) is 3. The molecule has 124 valence electrons. The molecule has 0 aliphatic heterocycles. The number of nitrogens with one attached hydrogen (secondary N) is 1. The van der Waals surface area contributed by atoms with Gasteiger partial charge in [0.1, 0.15) is 5.69 Å². The van der Waals surface area contributed by atoms with Gasteiger partial charge >= 0.3 is 0 Å². The number of aromatic nitrogens is 2. The van der Waals surface area contributed by atoms with E-state index in [1.165, 1.54) is 0 Å². The Morgan fingerprint density at radius 3 is 2.62 bits per heavy atom. The number of carbonyl (C=O) groups is 1. The minimum absolute atomic E-state index is 0.0483. The van der Waals surface area contributed by atoms with Crippen molar-refractivity contribution in [3.8, 4) is 17.3 Å². The molecule has 0 saturated heterocycles. The Kier molecular flexibility index (Phi) is 4.15. The number of hydrogen-bond donors (Lipinski definition) is 1. The highest BCUT2D eigenvalue weighted by Gasteiger charge is 2.28. The maximum Gasteiger partial charge on any atom is 0.270 e. The molecule has 0 unspecified atom stereocenters. The molecule has 1 amide bonds. The van der Waals surface area contributed by atoms with Gasteiger partial charge in [-0.2, -0.15) is 10.4 Å². The van der Waals surface area contributed by atoms with Crippen LogP contribution in [0.4, 0.5) is 0 Å². The third-order valence-corrected chi connectivity index (χ3v) is 4.38. The number of carbonyl (C=O) groups excluding carboxylic acids is 1. The molecule has 0 bridgehead atoms. The van der Waals surface area contributed by atoms with Crippen molar-refractivity contribution in [3.63, 3.8) is 0 Å². The van der Waals surface area contributed by atoms with E-state index >= 15 is 0 Å². The molecule has 3 rings (SSSR count). The Hall–Kier alpha value is -2.61. The first kappa shape index (κ1) is 16.3. The van der Waals surface area contributed by atoms with E-state index in [9.17, 15) is 4.79 Å². The van der Waals surface area contributed by atoms with Crippen LogP contribution in [0.2, 0.25) is 0 Å². The van der Waals surface area contributed by atoms with Crippen molar-refractivity contribution in [3.05, 3.63) is 40.6 Å². The molecule has 0 spiro atoms. The molecule has 1 saturated carbocycles. The molecule has 0 atom stereocenters. The van der Waals surface area contributed by atoms with E-state index in [2.05, 4.69) is 11.4 Å².